The highest BCUT2D eigenvalue weighted by Gasteiger charge is 2.45. The van der Waals surface area contributed by atoms with Crippen molar-refractivity contribution >= 4 is 21.8 Å². The number of amides is 1. The van der Waals surface area contributed by atoms with Crippen LogP contribution in [0.1, 0.15) is 48.5 Å². The Morgan fingerprint density at radius 2 is 2.09 bits per heavy atom. The van der Waals surface area contributed by atoms with E-state index in [0.717, 1.165) is 40.6 Å². The van der Waals surface area contributed by atoms with E-state index in [1.807, 2.05) is 42.5 Å². The second-order valence-electron chi connectivity index (χ2n) is 9.55. The topological polar surface area (TPSA) is 112 Å². The van der Waals surface area contributed by atoms with Gasteiger partial charge in [-0.15, -0.1) is 0 Å². The number of ether oxygens (including phenoxy) is 1. The quantitative estimate of drug-likeness (QED) is 0.332. The first-order valence-corrected chi connectivity index (χ1v) is 12.9. The number of aromatic nitrogens is 3. The number of hydrogen-bond donors (Lipinski definition) is 4. The molecule has 1 saturated carbocycles. The van der Waals surface area contributed by atoms with Gasteiger partial charge in [-0.2, -0.15) is 15.4 Å². The Labute approximate surface area is 213 Å². The predicted molar refractivity (Wildman–Crippen MR) is 135 cm³/mol. The molecule has 0 unspecified atom stereocenters. The van der Waals surface area contributed by atoms with Crippen LogP contribution in [0.3, 0.4) is 0 Å². The van der Waals surface area contributed by atoms with E-state index in [0.29, 0.717) is 18.7 Å². The summed E-state index contributed by atoms with van der Waals surface area (Å²) in [5.74, 6) is 0.709. The molecule has 2 heterocycles. The molecule has 0 radical (unpaired) electrons. The lowest BCUT2D eigenvalue weighted by Crippen LogP contribution is -2.52. The minimum absolute atomic E-state index is 0.0643. The first-order valence-electron chi connectivity index (χ1n) is 12.1. The highest BCUT2D eigenvalue weighted by molar-refractivity contribution is 9.10. The molecule has 2 aromatic carbocycles. The Morgan fingerprint density at radius 1 is 1.26 bits per heavy atom. The largest absolute Gasteiger partial charge is 0.487 e. The number of carbonyl (C=O) groups excluding carboxylic acids is 1. The lowest BCUT2D eigenvalue weighted by molar-refractivity contribution is -0.122. The number of fused-ring (bicyclic) bond motifs is 1. The van der Waals surface area contributed by atoms with Crippen molar-refractivity contribution in [3.8, 4) is 5.75 Å². The molecule has 8 nitrogen and oxygen atoms in total. The molecular formula is C26H30BrN5O3. The summed E-state index contributed by atoms with van der Waals surface area (Å²) in [4.78, 5) is 12.7. The number of rotatable bonds is 9. The van der Waals surface area contributed by atoms with Crippen LogP contribution in [0.2, 0.25) is 0 Å². The van der Waals surface area contributed by atoms with Crippen molar-refractivity contribution in [2.75, 3.05) is 6.54 Å². The number of nitrogens with zero attached hydrogens (tertiary/aromatic N) is 2. The number of H-pyrrole nitrogens is 1. The van der Waals surface area contributed by atoms with E-state index >= 15 is 0 Å². The average molecular weight is 540 g/mol. The zero-order chi connectivity index (χ0) is 24.3. The third-order valence-electron chi connectivity index (χ3n) is 7.00. The first kappa shape index (κ1) is 24.0. The van der Waals surface area contributed by atoms with Gasteiger partial charge in [0.15, 0.2) is 0 Å². The summed E-state index contributed by atoms with van der Waals surface area (Å²) in [6.45, 7) is 0.342. The Morgan fingerprint density at radius 3 is 2.80 bits per heavy atom. The summed E-state index contributed by atoms with van der Waals surface area (Å²) in [6.07, 6.45) is 5.52. The molecule has 3 aromatic rings. The van der Waals surface area contributed by atoms with E-state index in [1.165, 1.54) is 12.6 Å². The summed E-state index contributed by atoms with van der Waals surface area (Å²) < 4.78 is 7.38. The number of benzene rings is 2. The molecule has 0 bridgehead atoms. The summed E-state index contributed by atoms with van der Waals surface area (Å²) >= 11 is 3.58. The first-order chi connectivity index (χ1) is 17.0. The molecule has 5 rings (SSSR count). The number of halogens is 1. The van der Waals surface area contributed by atoms with E-state index in [9.17, 15) is 9.90 Å². The summed E-state index contributed by atoms with van der Waals surface area (Å²) in [5, 5.41) is 28.1. The van der Waals surface area contributed by atoms with Gasteiger partial charge in [-0.1, -0.05) is 46.3 Å². The van der Waals surface area contributed by atoms with Crippen LogP contribution in [0.4, 0.5) is 0 Å². The normalized spacial score (nSPS) is 19.8. The van der Waals surface area contributed by atoms with Gasteiger partial charge in [0.25, 0.3) is 0 Å². The van der Waals surface area contributed by atoms with Gasteiger partial charge >= 0.3 is 0 Å². The van der Waals surface area contributed by atoms with Crippen LogP contribution in [-0.2, 0) is 17.6 Å². The van der Waals surface area contributed by atoms with E-state index < -0.39 is 12.1 Å². The zero-order valence-corrected chi connectivity index (χ0v) is 21.0. The van der Waals surface area contributed by atoms with Crippen LogP contribution in [0, 0.1) is 0 Å². The number of hydrogen-bond acceptors (Lipinski definition) is 6. The van der Waals surface area contributed by atoms with E-state index in [4.69, 9.17) is 4.74 Å². The van der Waals surface area contributed by atoms with Gasteiger partial charge in [-0.3, -0.25) is 4.79 Å². The van der Waals surface area contributed by atoms with Crippen molar-refractivity contribution in [1.29, 1.82) is 0 Å². The van der Waals surface area contributed by atoms with Crippen molar-refractivity contribution in [3.05, 3.63) is 76.0 Å². The predicted octanol–water partition coefficient (Wildman–Crippen LogP) is 3.23. The summed E-state index contributed by atoms with van der Waals surface area (Å²) in [7, 11) is 0. The molecule has 1 amide bonds. The minimum Gasteiger partial charge on any atom is -0.487 e. The molecule has 3 atom stereocenters. The molecule has 0 saturated heterocycles. The molecule has 184 valence electrons. The molecule has 4 N–H and O–H groups in total. The molecule has 1 spiro atoms. The van der Waals surface area contributed by atoms with Crippen LogP contribution in [0.25, 0.3) is 0 Å². The maximum Gasteiger partial charge on any atom is 0.226 e. The minimum atomic E-state index is -0.785. The molecule has 1 aliphatic heterocycles. The van der Waals surface area contributed by atoms with Crippen molar-refractivity contribution in [2.24, 2.45) is 0 Å². The van der Waals surface area contributed by atoms with Crippen LogP contribution in [0.5, 0.6) is 5.75 Å². The number of aromatic amines is 1. The molecule has 1 aliphatic carbocycles. The lowest BCUT2D eigenvalue weighted by atomic mass is 9.73. The van der Waals surface area contributed by atoms with Crippen molar-refractivity contribution < 1.29 is 14.6 Å². The van der Waals surface area contributed by atoms with E-state index in [-0.39, 0.29) is 24.0 Å². The number of nitrogens with one attached hydrogen (secondary N) is 3. The third-order valence-corrected chi connectivity index (χ3v) is 7.50. The van der Waals surface area contributed by atoms with Crippen LogP contribution >= 0.6 is 15.9 Å². The van der Waals surface area contributed by atoms with Crippen molar-refractivity contribution in [1.82, 2.24) is 26.0 Å². The highest BCUT2D eigenvalue weighted by atomic mass is 79.9. The lowest BCUT2D eigenvalue weighted by Gasteiger charge is -2.48. The van der Waals surface area contributed by atoms with E-state index in [1.54, 1.807) is 0 Å². The molecule has 2 aliphatic rings. The molecule has 35 heavy (non-hydrogen) atoms. The fourth-order valence-electron chi connectivity index (χ4n) is 4.99. The Bertz CT molecular complexity index is 1140. The fourth-order valence-corrected chi connectivity index (χ4v) is 5.37. The summed E-state index contributed by atoms with van der Waals surface area (Å²) in [5.41, 5.74) is 2.59. The van der Waals surface area contributed by atoms with Gasteiger partial charge in [0.05, 0.1) is 30.5 Å². The summed E-state index contributed by atoms with van der Waals surface area (Å²) in [6, 6.07) is 15.6. The van der Waals surface area contributed by atoms with Crippen LogP contribution < -0.4 is 15.4 Å². The monoisotopic (exact) mass is 539 g/mol. The Kier molecular flexibility index (Phi) is 7.17. The SMILES string of the molecule is O=C(Cc1cn[nH]n1)N[C@@H](Cc1ccccc1)[C@H](O)CN[C@H]1CC2(CCC2)Oc2ccc(Br)cc21. The van der Waals surface area contributed by atoms with Gasteiger partial charge in [0.2, 0.25) is 5.91 Å². The number of aliphatic hydroxyl groups excluding tert-OH is 1. The average Bonchev–Trinajstić information content (AvgIpc) is 3.34. The third kappa shape index (κ3) is 5.74. The smallest absolute Gasteiger partial charge is 0.226 e. The van der Waals surface area contributed by atoms with Crippen molar-refractivity contribution in [2.45, 2.75) is 62.3 Å². The second-order valence-corrected chi connectivity index (χ2v) is 10.5. The number of aliphatic hydroxyl groups is 1. The molecule has 1 fully saturated rings. The fraction of sp³-hybridized carbons (Fsp3) is 0.423. The van der Waals surface area contributed by atoms with E-state index in [2.05, 4.69) is 48.0 Å². The molecular weight excluding hydrogens is 510 g/mol. The highest BCUT2D eigenvalue weighted by Crippen LogP contribution is 2.49. The zero-order valence-electron chi connectivity index (χ0n) is 19.4. The maximum atomic E-state index is 12.7. The van der Waals surface area contributed by atoms with Gasteiger partial charge in [0, 0.05) is 29.0 Å². The maximum absolute atomic E-state index is 12.7. The Balaban J connectivity index is 1.28. The number of carbonyl (C=O) groups is 1. The van der Waals surface area contributed by atoms with Crippen LogP contribution in [-0.4, -0.2) is 50.7 Å². The standard InChI is InChI=1S/C26H30BrN5O3/c27-18-7-8-24-20(12-18)22(14-26(35-24)9-4-10-26)28-16-23(33)21(11-17-5-2-1-3-6-17)30-25(34)13-19-15-29-32-31-19/h1-3,5-8,12,15,21-23,28,33H,4,9-11,13-14,16H2,(H,30,34)(H,29,31,32)/t21-,22-,23+/m0/s1. The second kappa shape index (κ2) is 10.5. The van der Waals surface area contributed by atoms with Crippen LogP contribution in [0.15, 0.2) is 59.2 Å². The molecule has 1 aromatic heterocycles. The van der Waals surface area contributed by atoms with Gasteiger partial charge in [0.1, 0.15) is 11.4 Å². The van der Waals surface area contributed by atoms with Gasteiger partial charge in [-0.05, 0) is 49.4 Å². The van der Waals surface area contributed by atoms with Gasteiger partial charge < -0.3 is 20.5 Å². The van der Waals surface area contributed by atoms with Gasteiger partial charge in [-0.25, -0.2) is 0 Å². The van der Waals surface area contributed by atoms with Crippen molar-refractivity contribution in [3.63, 3.8) is 0 Å². The Hall–Kier alpha value is -2.75. The molecule has 9 heteroatoms.